The Morgan fingerprint density at radius 1 is 1.17 bits per heavy atom. The Balaban J connectivity index is 1.53. The fourth-order valence-corrected chi connectivity index (χ4v) is 3.90. The second kappa shape index (κ2) is 7.59. The lowest BCUT2D eigenvalue weighted by molar-refractivity contribution is -0.121. The van der Waals surface area contributed by atoms with Crippen LogP contribution in [-0.2, 0) is 9.59 Å². The minimum Gasteiger partial charge on any atom is -0.460 e. The van der Waals surface area contributed by atoms with Gasteiger partial charge in [0, 0.05) is 12.0 Å². The predicted octanol–water partition coefficient (Wildman–Crippen LogP) is 3.07. The quantitative estimate of drug-likeness (QED) is 0.468. The average Bonchev–Trinajstić information content (AvgIpc) is 3.25. The Kier molecular flexibility index (Phi) is 4.98. The number of aromatic nitrogens is 3. The third-order valence-electron chi connectivity index (χ3n) is 4.42. The molecule has 2 amide bonds. The lowest BCUT2D eigenvalue weighted by Gasteiger charge is -2.15. The number of furan rings is 1. The third kappa shape index (κ3) is 3.81. The van der Waals surface area contributed by atoms with Gasteiger partial charge < -0.3 is 4.42 Å². The van der Waals surface area contributed by atoms with Gasteiger partial charge in [-0.25, -0.2) is 9.88 Å². The van der Waals surface area contributed by atoms with Gasteiger partial charge in [-0.05, 0) is 50.2 Å². The maximum absolute atomic E-state index is 12.8. The molecule has 1 atom stereocenters. The first-order valence-electron chi connectivity index (χ1n) is 8.83. The van der Waals surface area contributed by atoms with E-state index in [0.29, 0.717) is 22.7 Å². The first kappa shape index (κ1) is 19.0. The van der Waals surface area contributed by atoms with E-state index in [1.54, 1.807) is 30.3 Å². The number of hydrogen-bond donors (Lipinski definition) is 0. The second-order valence-electron chi connectivity index (χ2n) is 6.52. The Labute approximate surface area is 170 Å². The normalized spacial score (nSPS) is 16.5. The van der Waals surface area contributed by atoms with Gasteiger partial charge in [-0.2, -0.15) is 5.10 Å². The summed E-state index contributed by atoms with van der Waals surface area (Å²) in [6.07, 6.45) is 1.51. The molecule has 0 spiro atoms. The Morgan fingerprint density at radius 3 is 2.59 bits per heavy atom. The van der Waals surface area contributed by atoms with Crippen LogP contribution in [-0.4, -0.2) is 38.0 Å². The second-order valence-corrected chi connectivity index (χ2v) is 7.69. The number of benzene rings is 1. The van der Waals surface area contributed by atoms with Crippen molar-refractivity contribution < 1.29 is 18.8 Å². The number of hydrogen-bond acceptors (Lipinski definition) is 8. The number of imide groups is 1. The molecular weight excluding hydrogens is 392 g/mol. The van der Waals surface area contributed by atoms with E-state index >= 15 is 0 Å². The molecule has 1 saturated heterocycles. The molecule has 8 nitrogen and oxygen atoms in total. The van der Waals surface area contributed by atoms with Gasteiger partial charge in [0.2, 0.25) is 17.0 Å². The van der Waals surface area contributed by atoms with Crippen LogP contribution in [0.15, 0.2) is 52.2 Å². The highest BCUT2D eigenvalue weighted by Crippen LogP contribution is 2.33. The first-order chi connectivity index (χ1) is 13.9. The van der Waals surface area contributed by atoms with Crippen molar-refractivity contribution in [3.8, 4) is 11.5 Å². The zero-order valence-electron chi connectivity index (χ0n) is 15.7. The first-order valence-corrected chi connectivity index (χ1v) is 9.71. The number of carbonyl (C=O) groups is 3. The number of ketones is 1. The van der Waals surface area contributed by atoms with Crippen molar-refractivity contribution in [1.29, 1.82) is 0 Å². The van der Waals surface area contributed by atoms with Crippen molar-refractivity contribution in [3.63, 3.8) is 0 Å². The molecule has 1 aromatic carbocycles. The van der Waals surface area contributed by atoms with Crippen LogP contribution in [0.1, 0.15) is 29.5 Å². The summed E-state index contributed by atoms with van der Waals surface area (Å²) in [5.41, 5.74) is 1.46. The highest BCUT2D eigenvalue weighted by atomic mass is 32.2. The Morgan fingerprint density at radius 2 is 1.93 bits per heavy atom. The summed E-state index contributed by atoms with van der Waals surface area (Å²) in [6, 6.07) is 9.99. The number of carbonyl (C=O) groups excluding carboxylic acids is 3. The summed E-state index contributed by atoms with van der Waals surface area (Å²) in [7, 11) is 0. The molecule has 3 aromatic rings. The molecule has 0 saturated carbocycles. The van der Waals surface area contributed by atoms with Gasteiger partial charge in [0.05, 0.1) is 11.9 Å². The molecule has 1 aliphatic rings. The molecular formula is C20H16N4O4S. The van der Waals surface area contributed by atoms with E-state index < -0.39 is 5.25 Å². The average molecular weight is 408 g/mol. The molecule has 3 heterocycles. The molecule has 1 unspecified atom stereocenters. The molecule has 0 aliphatic carbocycles. The lowest BCUT2D eigenvalue weighted by Crippen LogP contribution is -2.31. The number of amides is 2. The molecule has 2 aromatic heterocycles. The molecule has 146 valence electrons. The SMILES string of the molecule is CC(=O)c1ccc(N2C(=O)CC(Sc3nncc(-c4ccc(C)o4)n3)C2=O)cc1. The van der Waals surface area contributed by atoms with Gasteiger partial charge in [-0.1, -0.05) is 11.8 Å². The molecule has 29 heavy (non-hydrogen) atoms. The summed E-state index contributed by atoms with van der Waals surface area (Å²) < 4.78 is 5.54. The van der Waals surface area contributed by atoms with Crippen LogP contribution in [0.5, 0.6) is 0 Å². The van der Waals surface area contributed by atoms with Crippen LogP contribution in [0.2, 0.25) is 0 Å². The van der Waals surface area contributed by atoms with Gasteiger partial charge in [0.25, 0.3) is 0 Å². The monoisotopic (exact) mass is 408 g/mol. The minimum atomic E-state index is -0.648. The van der Waals surface area contributed by atoms with E-state index in [9.17, 15) is 14.4 Å². The third-order valence-corrected chi connectivity index (χ3v) is 5.45. The van der Waals surface area contributed by atoms with Gasteiger partial charge in [0.15, 0.2) is 11.5 Å². The van der Waals surface area contributed by atoms with Gasteiger partial charge in [-0.3, -0.25) is 14.4 Å². The van der Waals surface area contributed by atoms with Crippen molar-refractivity contribution in [1.82, 2.24) is 15.2 Å². The molecule has 1 aliphatic heterocycles. The zero-order valence-corrected chi connectivity index (χ0v) is 16.5. The molecule has 1 fully saturated rings. The summed E-state index contributed by atoms with van der Waals surface area (Å²) in [5, 5.41) is 7.53. The smallest absolute Gasteiger partial charge is 0.247 e. The molecule has 0 radical (unpaired) electrons. The van der Waals surface area contributed by atoms with E-state index in [0.717, 1.165) is 22.4 Å². The number of aryl methyl sites for hydroxylation is 1. The molecule has 4 rings (SSSR count). The molecule has 0 bridgehead atoms. The topological polar surface area (TPSA) is 106 Å². The predicted molar refractivity (Wildman–Crippen MR) is 105 cm³/mol. The number of nitrogens with zero attached hydrogens (tertiary/aromatic N) is 4. The summed E-state index contributed by atoms with van der Waals surface area (Å²) in [6.45, 7) is 3.29. The highest BCUT2D eigenvalue weighted by Gasteiger charge is 2.40. The fraction of sp³-hybridized carbons (Fsp3) is 0.200. The summed E-state index contributed by atoms with van der Waals surface area (Å²) >= 11 is 1.09. The van der Waals surface area contributed by atoms with Gasteiger partial charge in [-0.15, -0.1) is 5.10 Å². The van der Waals surface area contributed by atoms with Crippen molar-refractivity contribution in [2.45, 2.75) is 30.7 Å². The van der Waals surface area contributed by atoms with Crippen LogP contribution >= 0.6 is 11.8 Å². The molecule has 0 N–H and O–H groups in total. The maximum Gasteiger partial charge on any atom is 0.247 e. The van der Waals surface area contributed by atoms with E-state index in [2.05, 4.69) is 15.2 Å². The summed E-state index contributed by atoms with van der Waals surface area (Å²) in [5.74, 6) is 0.559. The van der Waals surface area contributed by atoms with Crippen LogP contribution in [0.3, 0.4) is 0 Å². The number of rotatable bonds is 5. The maximum atomic E-state index is 12.8. The van der Waals surface area contributed by atoms with Crippen molar-refractivity contribution in [2.24, 2.45) is 0 Å². The van der Waals surface area contributed by atoms with Crippen LogP contribution in [0.25, 0.3) is 11.5 Å². The van der Waals surface area contributed by atoms with Crippen LogP contribution < -0.4 is 4.90 Å². The lowest BCUT2D eigenvalue weighted by atomic mass is 10.1. The van der Waals surface area contributed by atoms with Gasteiger partial charge in [0.1, 0.15) is 16.7 Å². The van der Waals surface area contributed by atoms with Crippen molar-refractivity contribution in [3.05, 3.63) is 53.9 Å². The van der Waals surface area contributed by atoms with E-state index in [1.165, 1.54) is 13.1 Å². The van der Waals surface area contributed by atoms with Gasteiger partial charge >= 0.3 is 0 Å². The largest absolute Gasteiger partial charge is 0.460 e. The summed E-state index contributed by atoms with van der Waals surface area (Å²) in [4.78, 5) is 42.2. The van der Waals surface area contributed by atoms with E-state index in [4.69, 9.17) is 4.42 Å². The molecule has 9 heteroatoms. The van der Waals surface area contributed by atoms with Crippen LogP contribution in [0, 0.1) is 6.92 Å². The Bertz CT molecular complexity index is 1110. The van der Waals surface area contributed by atoms with E-state index in [1.807, 2.05) is 13.0 Å². The van der Waals surface area contributed by atoms with E-state index in [-0.39, 0.29) is 29.2 Å². The minimum absolute atomic E-state index is 0.0331. The zero-order chi connectivity index (χ0) is 20.5. The fourth-order valence-electron chi connectivity index (χ4n) is 2.97. The number of Topliss-reactive ketones (excluding diaryl/α,β-unsaturated/α-hetero) is 1. The standard InChI is InChI=1S/C20H16N4O4S/c1-11-3-8-16(28-11)15-10-21-23-20(22-15)29-17-9-18(26)24(19(17)27)14-6-4-13(5-7-14)12(2)25/h3-8,10,17H,9H2,1-2H3. The van der Waals surface area contributed by atoms with Crippen molar-refractivity contribution >= 4 is 35.0 Å². The highest BCUT2D eigenvalue weighted by molar-refractivity contribution is 8.00. The number of anilines is 1. The van der Waals surface area contributed by atoms with Crippen molar-refractivity contribution in [2.75, 3.05) is 4.90 Å². The number of thioether (sulfide) groups is 1. The van der Waals surface area contributed by atoms with Crippen LogP contribution in [0.4, 0.5) is 5.69 Å². The Hall–Kier alpha value is -3.33.